The number of rotatable bonds is 4. The summed E-state index contributed by atoms with van der Waals surface area (Å²) in [5, 5.41) is 0. The smallest absolute Gasteiger partial charge is 0.227 e. The lowest BCUT2D eigenvalue weighted by Crippen LogP contribution is -2.51. The standard InChI is InChI=1S/C25H29FN2O3/c1-18-13-20(7-8-23(18)26)21-15-22(25(30)27-9-11-31-12-10-27)17-28(16-21)24(29)14-19-5-3-2-4-6-19/h2-8,13,21-22H,9-12,14-17H2,1H3. The van der Waals surface area contributed by atoms with Crippen LogP contribution >= 0.6 is 0 Å². The Morgan fingerprint density at radius 2 is 1.77 bits per heavy atom. The van der Waals surface area contributed by atoms with Gasteiger partial charge >= 0.3 is 0 Å². The van der Waals surface area contributed by atoms with Crippen molar-refractivity contribution in [3.05, 3.63) is 71.0 Å². The fourth-order valence-corrected chi connectivity index (χ4v) is 4.57. The summed E-state index contributed by atoms with van der Waals surface area (Å²) >= 11 is 0. The number of likely N-dealkylation sites (tertiary alicyclic amines) is 1. The van der Waals surface area contributed by atoms with Gasteiger partial charge in [-0.1, -0.05) is 42.5 Å². The summed E-state index contributed by atoms with van der Waals surface area (Å²) in [6, 6.07) is 14.8. The first kappa shape index (κ1) is 21.5. The second-order valence-electron chi connectivity index (χ2n) is 8.54. The number of piperidine rings is 1. The molecule has 2 aromatic rings. The topological polar surface area (TPSA) is 49.9 Å². The van der Waals surface area contributed by atoms with E-state index < -0.39 is 0 Å². The van der Waals surface area contributed by atoms with Crippen LogP contribution in [0.15, 0.2) is 48.5 Å². The number of morpholine rings is 1. The summed E-state index contributed by atoms with van der Waals surface area (Å²) in [7, 11) is 0. The lowest BCUT2D eigenvalue weighted by molar-refractivity contribution is -0.144. The number of halogens is 1. The lowest BCUT2D eigenvalue weighted by Gasteiger charge is -2.40. The average molecular weight is 425 g/mol. The van der Waals surface area contributed by atoms with Gasteiger partial charge in [-0.15, -0.1) is 0 Å². The van der Waals surface area contributed by atoms with E-state index >= 15 is 0 Å². The predicted molar refractivity (Wildman–Crippen MR) is 116 cm³/mol. The molecule has 4 rings (SSSR count). The van der Waals surface area contributed by atoms with Crippen LogP contribution in [0.5, 0.6) is 0 Å². The SMILES string of the molecule is Cc1cc(C2CC(C(=O)N3CCOCC3)CN(C(=O)Cc3ccccc3)C2)ccc1F. The highest BCUT2D eigenvalue weighted by atomic mass is 19.1. The molecule has 0 radical (unpaired) electrons. The molecule has 0 spiro atoms. The number of carbonyl (C=O) groups excluding carboxylic acids is 2. The van der Waals surface area contributed by atoms with Gasteiger partial charge in [0.2, 0.25) is 11.8 Å². The van der Waals surface area contributed by atoms with Gasteiger partial charge in [-0.05, 0) is 36.1 Å². The number of ether oxygens (including phenoxy) is 1. The van der Waals surface area contributed by atoms with Crippen molar-refractivity contribution in [1.82, 2.24) is 9.80 Å². The van der Waals surface area contributed by atoms with Crippen molar-refractivity contribution in [3.63, 3.8) is 0 Å². The molecule has 2 aliphatic rings. The molecule has 6 heteroatoms. The minimum Gasteiger partial charge on any atom is -0.378 e. The van der Waals surface area contributed by atoms with Crippen LogP contribution in [0.3, 0.4) is 0 Å². The minimum atomic E-state index is -0.262. The van der Waals surface area contributed by atoms with Crippen LogP contribution in [0, 0.1) is 18.7 Å². The first-order valence-electron chi connectivity index (χ1n) is 11.0. The van der Waals surface area contributed by atoms with E-state index in [1.165, 1.54) is 6.07 Å². The molecule has 0 N–H and O–H groups in total. The van der Waals surface area contributed by atoms with Crippen molar-refractivity contribution in [2.75, 3.05) is 39.4 Å². The van der Waals surface area contributed by atoms with Crippen LogP contribution in [0.2, 0.25) is 0 Å². The summed E-state index contributed by atoms with van der Waals surface area (Å²) < 4.78 is 19.2. The van der Waals surface area contributed by atoms with E-state index in [-0.39, 0.29) is 29.5 Å². The number of nitrogens with zero attached hydrogens (tertiary/aromatic N) is 2. The molecule has 0 aromatic heterocycles. The molecular weight excluding hydrogens is 395 g/mol. The van der Waals surface area contributed by atoms with E-state index in [2.05, 4.69) is 0 Å². The Morgan fingerprint density at radius 3 is 2.48 bits per heavy atom. The Hall–Kier alpha value is -2.73. The lowest BCUT2D eigenvalue weighted by atomic mass is 9.83. The van der Waals surface area contributed by atoms with Gasteiger partial charge in [0, 0.05) is 32.1 Å². The molecule has 2 atom stereocenters. The molecule has 2 unspecified atom stereocenters. The number of carbonyl (C=O) groups is 2. The highest BCUT2D eigenvalue weighted by Crippen LogP contribution is 2.32. The van der Waals surface area contributed by atoms with Crippen molar-refractivity contribution >= 4 is 11.8 Å². The van der Waals surface area contributed by atoms with E-state index in [0.717, 1.165) is 11.1 Å². The van der Waals surface area contributed by atoms with E-state index in [0.29, 0.717) is 57.8 Å². The maximum Gasteiger partial charge on any atom is 0.227 e. The zero-order valence-electron chi connectivity index (χ0n) is 17.9. The zero-order chi connectivity index (χ0) is 21.8. The van der Waals surface area contributed by atoms with Gasteiger partial charge in [0.05, 0.1) is 25.6 Å². The maximum atomic E-state index is 13.8. The van der Waals surface area contributed by atoms with Crippen molar-refractivity contribution in [3.8, 4) is 0 Å². The summed E-state index contributed by atoms with van der Waals surface area (Å²) in [6.07, 6.45) is 0.977. The molecular formula is C25H29FN2O3. The highest BCUT2D eigenvalue weighted by molar-refractivity contribution is 5.82. The van der Waals surface area contributed by atoms with Gasteiger partial charge in [0.1, 0.15) is 5.82 Å². The van der Waals surface area contributed by atoms with Crippen LogP contribution in [0.25, 0.3) is 0 Å². The monoisotopic (exact) mass is 424 g/mol. The Kier molecular flexibility index (Phi) is 6.66. The largest absolute Gasteiger partial charge is 0.378 e. The number of hydrogen-bond donors (Lipinski definition) is 0. The summed E-state index contributed by atoms with van der Waals surface area (Å²) in [5.74, 6) is -0.388. The third-order valence-electron chi connectivity index (χ3n) is 6.33. The zero-order valence-corrected chi connectivity index (χ0v) is 17.9. The van der Waals surface area contributed by atoms with Crippen LogP contribution in [0.4, 0.5) is 4.39 Å². The third-order valence-corrected chi connectivity index (χ3v) is 6.33. The minimum absolute atomic E-state index is 0.00256. The molecule has 0 bridgehead atoms. The number of aryl methyl sites for hydroxylation is 1. The number of benzene rings is 2. The molecule has 2 fully saturated rings. The normalized spacial score (nSPS) is 21.7. The Labute approximate surface area is 182 Å². The number of hydrogen-bond acceptors (Lipinski definition) is 3. The van der Waals surface area contributed by atoms with Crippen LogP contribution in [0.1, 0.15) is 29.0 Å². The second kappa shape index (κ2) is 9.60. The van der Waals surface area contributed by atoms with Crippen molar-refractivity contribution in [2.45, 2.75) is 25.7 Å². The van der Waals surface area contributed by atoms with Gasteiger partial charge in [0.15, 0.2) is 0 Å². The van der Waals surface area contributed by atoms with E-state index in [1.807, 2.05) is 46.2 Å². The Morgan fingerprint density at radius 1 is 1.03 bits per heavy atom. The molecule has 0 aliphatic carbocycles. The van der Waals surface area contributed by atoms with Crippen LogP contribution < -0.4 is 0 Å². The quantitative estimate of drug-likeness (QED) is 0.758. The molecule has 2 saturated heterocycles. The first-order chi connectivity index (χ1) is 15.0. The molecule has 2 aliphatic heterocycles. The average Bonchev–Trinajstić information content (AvgIpc) is 2.81. The molecule has 2 aromatic carbocycles. The van der Waals surface area contributed by atoms with Gasteiger partial charge in [0.25, 0.3) is 0 Å². The van der Waals surface area contributed by atoms with Gasteiger partial charge < -0.3 is 14.5 Å². The third kappa shape index (κ3) is 5.13. The van der Waals surface area contributed by atoms with Crippen molar-refractivity contribution < 1.29 is 18.7 Å². The summed E-state index contributed by atoms with van der Waals surface area (Å²) in [6.45, 7) is 5.01. The van der Waals surface area contributed by atoms with Gasteiger partial charge in [-0.25, -0.2) is 4.39 Å². The molecule has 31 heavy (non-hydrogen) atoms. The van der Waals surface area contributed by atoms with Crippen LogP contribution in [-0.4, -0.2) is 61.0 Å². The molecule has 164 valence electrons. The maximum absolute atomic E-state index is 13.8. The second-order valence-corrected chi connectivity index (χ2v) is 8.54. The Bertz CT molecular complexity index is 928. The highest BCUT2D eigenvalue weighted by Gasteiger charge is 2.36. The van der Waals surface area contributed by atoms with Gasteiger partial charge in [-0.3, -0.25) is 9.59 Å². The van der Waals surface area contributed by atoms with Crippen molar-refractivity contribution in [2.24, 2.45) is 5.92 Å². The number of amides is 2. The fraction of sp³-hybridized carbons (Fsp3) is 0.440. The van der Waals surface area contributed by atoms with Crippen LogP contribution in [-0.2, 0) is 20.7 Å². The van der Waals surface area contributed by atoms with E-state index in [1.54, 1.807) is 13.0 Å². The van der Waals surface area contributed by atoms with E-state index in [4.69, 9.17) is 4.74 Å². The molecule has 0 saturated carbocycles. The molecule has 2 amide bonds. The first-order valence-corrected chi connectivity index (χ1v) is 11.0. The summed E-state index contributed by atoms with van der Waals surface area (Å²) in [5.41, 5.74) is 2.53. The predicted octanol–water partition coefficient (Wildman–Crippen LogP) is 3.17. The van der Waals surface area contributed by atoms with Crippen molar-refractivity contribution in [1.29, 1.82) is 0 Å². The molecule has 5 nitrogen and oxygen atoms in total. The van der Waals surface area contributed by atoms with E-state index in [9.17, 15) is 14.0 Å². The fourth-order valence-electron chi connectivity index (χ4n) is 4.57. The summed E-state index contributed by atoms with van der Waals surface area (Å²) in [4.78, 5) is 30.1. The molecule has 2 heterocycles. The Balaban J connectivity index is 1.55. The van der Waals surface area contributed by atoms with Gasteiger partial charge in [-0.2, -0.15) is 0 Å².